The Morgan fingerprint density at radius 2 is 2.00 bits per heavy atom. The van der Waals surface area contributed by atoms with E-state index < -0.39 is 0 Å². The Morgan fingerprint density at radius 3 is 2.61 bits per heavy atom. The first-order valence-electron chi connectivity index (χ1n) is 6.70. The van der Waals surface area contributed by atoms with Crippen LogP contribution in [0.4, 0.5) is 0 Å². The van der Waals surface area contributed by atoms with Crippen LogP contribution in [0.15, 0.2) is 30.3 Å². The van der Waals surface area contributed by atoms with Crippen molar-refractivity contribution in [2.75, 3.05) is 19.6 Å². The number of hydrogen-bond donors (Lipinski definition) is 2. The highest BCUT2D eigenvalue weighted by atomic mass is 35.5. The topological polar surface area (TPSA) is 24.1 Å². The highest BCUT2D eigenvalue weighted by Crippen LogP contribution is 2.20. The van der Waals surface area contributed by atoms with Gasteiger partial charge in [-0.1, -0.05) is 30.3 Å². The van der Waals surface area contributed by atoms with Crippen molar-refractivity contribution in [2.24, 2.45) is 5.92 Å². The third-order valence-corrected chi connectivity index (χ3v) is 3.73. The summed E-state index contributed by atoms with van der Waals surface area (Å²) in [5.41, 5.74) is 1.43. The second kappa shape index (κ2) is 7.13. The Balaban J connectivity index is 0.00000162. The predicted octanol–water partition coefficient (Wildman–Crippen LogP) is 2.93. The highest BCUT2D eigenvalue weighted by Gasteiger charge is 2.21. The molecule has 1 aromatic rings. The Morgan fingerprint density at radius 1 is 1.28 bits per heavy atom. The zero-order valence-electron chi connectivity index (χ0n) is 11.4. The second-order valence-corrected chi connectivity index (χ2v) is 5.58. The fraction of sp³-hybridized carbons (Fsp3) is 0.600. The maximum absolute atomic E-state index is 3.70. The third-order valence-electron chi connectivity index (χ3n) is 3.73. The van der Waals surface area contributed by atoms with Crippen LogP contribution < -0.4 is 10.6 Å². The van der Waals surface area contributed by atoms with Gasteiger partial charge in [-0.05, 0) is 57.8 Å². The molecule has 3 heteroatoms. The predicted molar refractivity (Wildman–Crippen MR) is 80.3 cm³/mol. The van der Waals surface area contributed by atoms with E-state index in [9.17, 15) is 0 Å². The van der Waals surface area contributed by atoms with Gasteiger partial charge in [0.1, 0.15) is 0 Å². The van der Waals surface area contributed by atoms with E-state index in [-0.39, 0.29) is 17.9 Å². The van der Waals surface area contributed by atoms with Crippen molar-refractivity contribution in [3.8, 4) is 0 Å². The molecule has 2 rings (SSSR count). The molecule has 1 fully saturated rings. The van der Waals surface area contributed by atoms with E-state index in [0.29, 0.717) is 0 Å². The summed E-state index contributed by atoms with van der Waals surface area (Å²) in [4.78, 5) is 0. The molecule has 2 nitrogen and oxygen atoms in total. The molecule has 1 aliphatic rings. The Kier molecular flexibility index (Phi) is 6.13. The molecule has 102 valence electrons. The fourth-order valence-electron chi connectivity index (χ4n) is 2.45. The molecule has 0 aliphatic carbocycles. The van der Waals surface area contributed by atoms with Gasteiger partial charge in [0, 0.05) is 5.54 Å². The first-order valence-corrected chi connectivity index (χ1v) is 6.70. The molecule has 1 unspecified atom stereocenters. The standard InChI is InChI=1S/C15H24N2.ClH/c1-15(2,14-8-4-3-5-9-14)17-12-13-7-6-10-16-11-13;/h3-5,8-9,13,16-17H,6-7,10-12H2,1-2H3;1H. The van der Waals surface area contributed by atoms with E-state index in [1.807, 2.05) is 0 Å². The lowest BCUT2D eigenvalue weighted by Gasteiger charge is -2.31. The zero-order chi connectivity index (χ0) is 12.1. The van der Waals surface area contributed by atoms with Crippen molar-refractivity contribution >= 4 is 12.4 Å². The number of benzene rings is 1. The molecule has 0 aromatic heterocycles. The molecule has 1 aromatic carbocycles. The first-order chi connectivity index (χ1) is 8.18. The molecule has 0 spiro atoms. The molecule has 1 saturated heterocycles. The van der Waals surface area contributed by atoms with Crippen LogP contribution in [0.25, 0.3) is 0 Å². The van der Waals surface area contributed by atoms with Gasteiger partial charge in [-0.2, -0.15) is 0 Å². The number of hydrogen-bond acceptors (Lipinski definition) is 2. The van der Waals surface area contributed by atoms with Crippen LogP contribution >= 0.6 is 12.4 Å². The van der Waals surface area contributed by atoms with Gasteiger partial charge in [-0.3, -0.25) is 0 Å². The van der Waals surface area contributed by atoms with Crippen LogP contribution in [0.5, 0.6) is 0 Å². The molecule has 0 saturated carbocycles. The normalized spacial score (nSPS) is 20.2. The molecule has 18 heavy (non-hydrogen) atoms. The van der Waals surface area contributed by atoms with E-state index in [1.165, 1.54) is 24.9 Å². The average molecular weight is 269 g/mol. The Labute approximate surface area is 117 Å². The quantitative estimate of drug-likeness (QED) is 0.877. The smallest absolute Gasteiger partial charge is 0.0377 e. The van der Waals surface area contributed by atoms with Crippen LogP contribution in [0.1, 0.15) is 32.3 Å². The van der Waals surface area contributed by atoms with Crippen molar-refractivity contribution in [1.82, 2.24) is 10.6 Å². The van der Waals surface area contributed by atoms with Crippen molar-refractivity contribution < 1.29 is 0 Å². The summed E-state index contributed by atoms with van der Waals surface area (Å²) in [6.07, 6.45) is 2.67. The summed E-state index contributed by atoms with van der Waals surface area (Å²) < 4.78 is 0. The third kappa shape index (κ3) is 4.27. The van der Waals surface area contributed by atoms with Gasteiger partial charge in [0.2, 0.25) is 0 Å². The minimum atomic E-state index is 0. The maximum Gasteiger partial charge on any atom is 0.0377 e. The largest absolute Gasteiger partial charge is 0.316 e. The summed E-state index contributed by atoms with van der Waals surface area (Å²) in [6, 6.07) is 10.7. The summed E-state index contributed by atoms with van der Waals surface area (Å²) in [7, 11) is 0. The second-order valence-electron chi connectivity index (χ2n) is 5.58. The average Bonchev–Trinajstić information content (AvgIpc) is 2.39. The zero-order valence-corrected chi connectivity index (χ0v) is 12.2. The number of nitrogens with one attached hydrogen (secondary N) is 2. The van der Waals surface area contributed by atoms with Crippen LogP contribution in [0, 0.1) is 5.92 Å². The molecule has 1 atom stereocenters. The van der Waals surface area contributed by atoms with E-state index in [4.69, 9.17) is 0 Å². The first kappa shape index (κ1) is 15.5. The van der Waals surface area contributed by atoms with Crippen LogP contribution in [-0.2, 0) is 5.54 Å². The van der Waals surface area contributed by atoms with Crippen molar-refractivity contribution in [2.45, 2.75) is 32.2 Å². The molecule has 2 N–H and O–H groups in total. The Bertz CT molecular complexity index is 332. The van der Waals surface area contributed by atoms with Crippen LogP contribution in [-0.4, -0.2) is 19.6 Å². The summed E-state index contributed by atoms with van der Waals surface area (Å²) in [6.45, 7) is 7.99. The van der Waals surface area contributed by atoms with Crippen molar-refractivity contribution in [3.63, 3.8) is 0 Å². The SMILES string of the molecule is CC(C)(NCC1CCCNC1)c1ccccc1.Cl. The van der Waals surface area contributed by atoms with Gasteiger partial charge in [-0.25, -0.2) is 0 Å². The van der Waals surface area contributed by atoms with E-state index in [1.54, 1.807) is 0 Å². The number of piperidine rings is 1. The van der Waals surface area contributed by atoms with E-state index in [0.717, 1.165) is 19.0 Å². The minimum Gasteiger partial charge on any atom is -0.316 e. The molecular formula is C15H25ClN2. The van der Waals surface area contributed by atoms with Gasteiger partial charge in [-0.15, -0.1) is 12.4 Å². The van der Waals surface area contributed by atoms with Gasteiger partial charge in [0.05, 0.1) is 0 Å². The van der Waals surface area contributed by atoms with Crippen LogP contribution in [0.2, 0.25) is 0 Å². The minimum absolute atomic E-state index is 0. The monoisotopic (exact) mass is 268 g/mol. The number of rotatable bonds is 4. The highest BCUT2D eigenvalue weighted by molar-refractivity contribution is 5.85. The van der Waals surface area contributed by atoms with E-state index in [2.05, 4.69) is 54.8 Å². The van der Waals surface area contributed by atoms with Gasteiger partial charge >= 0.3 is 0 Å². The van der Waals surface area contributed by atoms with Gasteiger partial charge in [0.25, 0.3) is 0 Å². The number of halogens is 1. The molecule has 0 bridgehead atoms. The van der Waals surface area contributed by atoms with E-state index >= 15 is 0 Å². The molecule has 0 amide bonds. The van der Waals surface area contributed by atoms with Crippen LogP contribution in [0.3, 0.4) is 0 Å². The maximum atomic E-state index is 3.70. The summed E-state index contributed by atoms with van der Waals surface area (Å²) in [5.74, 6) is 0.784. The van der Waals surface area contributed by atoms with Crippen molar-refractivity contribution in [3.05, 3.63) is 35.9 Å². The fourth-order valence-corrected chi connectivity index (χ4v) is 2.45. The molecular weight excluding hydrogens is 244 g/mol. The summed E-state index contributed by atoms with van der Waals surface area (Å²) >= 11 is 0. The lowest BCUT2D eigenvalue weighted by atomic mass is 9.92. The summed E-state index contributed by atoms with van der Waals surface area (Å²) in [5, 5.41) is 7.18. The van der Waals surface area contributed by atoms with Crippen molar-refractivity contribution in [1.29, 1.82) is 0 Å². The molecule has 1 heterocycles. The van der Waals surface area contributed by atoms with Gasteiger partial charge < -0.3 is 10.6 Å². The van der Waals surface area contributed by atoms with Gasteiger partial charge in [0.15, 0.2) is 0 Å². The lowest BCUT2D eigenvalue weighted by Crippen LogP contribution is -2.43. The molecule has 0 radical (unpaired) electrons. The Hall–Kier alpha value is -0.570. The molecule has 1 aliphatic heterocycles. The lowest BCUT2D eigenvalue weighted by molar-refractivity contribution is 0.308.